The molecule has 1 rings (SSSR count). The van der Waals surface area contributed by atoms with Crippen molar-refractivity contribution >= 4 is 15.9 Å². The number of halogens is 1. The number of nitrogens with one attached hydrogen (secondary N) is 1. The molecule has 1 aromatic rings. The van der Waals surface area contributed by atoms with Crippen LogP contribution in [0.15, 0.2) is 28.7 Å². The SMILES string of the molecule is COC(C)C(C)N[C@@H](C)c1ccccc1Br. The van der Waals surface area contributed by atoms with Gasteiger partial charge in [-0.25, -0.2) is 0 Å². The molecular weight excluding hydrogens is 266 g/mol. The number of hydrogen-bond donors (Lipinski definition) is 1. The summed E-state index contributed by atoms with van der Waals surface area (Å²) >= 11 is 3.57. The molecule has 0 spiro atoms. The average Bonchev–Trinajstić information content (AvgIpc) is 2.28. The van der Waals surface area contributed by atoms with Gasteiger partial charge in [0.25, 0.3) is 0 Å². The predicted octanol–water partition coefficient (Wildman–Crippen LogP) is 3.52. The van der Waals surface area contributed by atoms with Crippen LogP contribution in [0.2, 0.25) is 0 Å². The normalized spacial score (nSPS) is 16.8. The van der Waals surface area contributed by atoms with Crippen molar-refractivity contribution in [3.8, 4) is 0 Å². The van der Waals surface area contributed by atoms with Crippen LogP contribution in [0.25, 0.3) is 0 Å². The lowest BCUT2D eigenvalue weighted by atomic mass is 10.1. The summed E-state index contributed by atoms with van der Waals surface area (Å²) in [5.41, 5.74) is 1.28. The van der Waals surface area contributed by atoms with Crippen LogP contribution in [0, 0.1) is 0 Å². The summed E-state index contributed by atoms with van der Waals surface area (Å²) in [5, 5.41) is 3.53. The van der Waals surface area contributed by atoms with Crippen LogP contribution in [0.5, 0.6) is 0 Å². The van der Waals surface area contributed by atoms with Crippen LogP contribution in [-0.2, 0) is 4.74 Å². The van der Waals surface area contributed by atoms with Crippen LogP contribution < -0.4 is 5.32 Å². The van der Waals surface area contributed by atoms with Crippen molar-refractivity contribution in [2.45, 2.75) is 39.0 Å². The Hall–Kier alpha value is -0.380. The lowest BCUT2D eigenvalue weighted by Gasteiger charge is -2.25. The van der Waals surface area contributed by atoms with E-state index >= 15 is 0 Å². The number of rotatable bonds is 5. The molecule has 16 heavy (non-hydrogen) atoms. The Morgan fingerprint density at radius 2 is 1.81 bits per heavy atom. The van der Waals surface area contributed by atoms with E-state index in [0.717, 1.165) is 4.47 Å². The van der Waals surface area contributed by atoms with E-state index < -0.39 is 0 Å². The highest BCUT2D eigenvalue weighted by molar-refractivity contribution is 9.10. The minimum atomic E-state index is 0.213. The van der Waals surface area contributed by atoms with Gasteiger partial charge < -0.3 is 10.1 Å². The average molecular weight is 286 g/mol. The molecule has 0 amide bonds. The quantitative estimate of drug-likeness (QED) is 0.894. The van der Waals surface area contributed by atoms with Crippen molar-refractivity contribution in [1.29, 1.82) is 0 Å². The molecule has 1 aromatic carbocycles. The van der Waals surface area contributed by atoms with E-state index in [1.54, 1.807) is 7.11 Å². The first kappa shape index (κ1) is 13.7. The molecular formula is C13H20BrNO. The maximum Gasteiger partial charge on any atom is 0.0693 e. The van der Waals surface area contributed by atoms with Crippen molar-refractivity contribution in [2.24, 2.45) is 0 Å². The summed E-state index contributed by atoms with van der Waals surface area (Å²) in [7, 11) is 1.74. The standard InChI is InChI=1S/C13H20BrNO/c1-9(11(3)16-4)15-10(2)12-7-5-6-8-13(12)14/h5-11,15H,1-4H3/t9?,10-,11?/m0/s1. The second kappa shape index (κ2) is 6.38. The summed E-state index contributed by atoms with van der Waals surface area (Å²) < 4.78 is 6.45. The van der Waals surface area contributed by atoms with Gasteiger partial charge in [-0.15, -0.1) is 0 Å². The molecule has 2 nitrogen and oxygen atoms in total. The third-order valence-electron chi connectivity index (χ3n) is 2.96. The predicted molar refractivity (Wildman–Crippen MR) is 71.6 cm³/mol. The molecule has 0 radical (unpaired) electrons. The van der Waals surface area contributed by atoms with Crippen molar-refractivity contribution in [2.75, 3.05) is 7.11 Å². The highest BCUT2D eigenvalue weighted by Gasteiger charge is 2.15. The van der Waals surface area contributed by atoms with E-state index in [1.165, 1.54) is 5.56 Å². The van der Waals surface area contributed by atoms with E-state index in [1.807, 2.05) is 6.07 Å². The molecule has 1 N–H and O–H groups in total. The topological polar surface area (TPSA) is 21.3 Å². The van der Waals surface area contributed by atoms with Crippen LogP contribution in [0.1, 0.15) is 32.4 Å². The van der Waals surface area contributed by atoms with Crippen LogP contribution in [0.3, 0.4) is 0 Å². The summed E-state index contributed by atoms with van der Waals surface area (Å²) in [6, 6.07) is 8.92. The fourth-order valence-corrected chi connectivity index (χ4v) is 2.28. The van der Waals surface area contributed by atoms with Gasteiger partial charge in [-0.05, 0) is 32.4 Å². The largest absolute Gasteiger partial charge is 0.380 e. The van der Waals surface area contributed by atoms with E-state index in [0.29, 0.717) is 12.1 Å². The Morgan fingerprint density at radius 1 is 1.19 bits per heavy atom. The monoisotopic (exact) mass is 285 g/mol. The molecule has 3 atom stereocenters. The Bertz CT molecular complexity index is 329. The highest BCUT2D eigenvalue weighted by atomic mass is 79.9. The summed E-state index contributed by atoms with van der Waals surface area (Å²) in [4.78, 5) is 0. The molecule has 0 aliphatic rings. The Morgan fingerprint density at radius 3 is 2.38 bits per heavy atom. The first-order chi connectivity index (χ1) is 7.56. The van der Waals surface area contributed by atoms with Gasteiger partial charge in [0.05, 0.1) is 6.10 Å². The molecule has 0 aliphatic heterocycles. The summed E-state index contributed by atoms with van der Waals surface area (Å²) in [6.45, 7) is 6.38. The summed E-state index contributed by atoms with van der Waals surface area (Å²) in [6.07, 6.45) is 0.213. The Kier molecular flexibility index (Phi) is 5.46. The number of benzene rings is 1. The maximum absolute atomic E-state index is 5.30. The van der Waals surface area contributed by atoms with Crippen LogP contribution in [-0.4, -0.2) is 19.3 Å². The molecule has 0 bridgehead atoms. The molecule has 0 saturated heterocycles. The van der Waals surface area contributed by atoms with E-state index in [-0.39, 0.29) is 6.10 Å². The van der Waals surface area contributed by atoms with Crippen molar-refractivity contribution in [3.63, 3.8) is 0 Å². The smallest absolute Gasteiger partial charge is 0.0693 e. The van der Waals surface area contributed by atoms with Gasteiger partial charge in [0, 0.05) is 23.7 Å². The van der Waals surface area contributed by atoms with Gasteiger partial charge in [-0.3, -0.25) is 0 Å². The molecule has 3 heteroatoms. The molecule has 0 fully saturated rings. The van der Waals surface area contributed by atoms with Crippen molar-refractivity contribution < 1.29 is 4.74 Å². The molecule has 2 unspecified atom stereocenters. The molecule has 0 aromatic heterocycles. The minimum absolute atomic E-state index is 0.213. The van der Waals surface area contributed by atoms with Crippen molar-refractivity contribution in [1.82, 2.24) is 5.32 Å². The zero-order valence-corrected chi connectivity index (χ0v) is 11.9. The van der Waals surface area contributed by atoms with Crippen molar-refractivity contribution in [3.05, 3.63) is 34.3 Å². The van der Waals surface area contributed by atoms with Crippen LogP contribution >= 0.6 is 15.9 Å². The third kappa shape index (κ3) is 3.58. The molecule has 0 aliphatic carbocycles. The van der Waals surface area contributed by atoms with Crippen LogP contribution in [0.4, 0.5) is 0 Å². The zero-order valence-electron chi connectivity index (χ0n) is 10.3. The van der Waals surface area contributed by atoms with E-state index in [9.17, 15) is 0 Å². The third-order valence-corrected chi connectivity index (χ3v) is 3.68. The first-order valence-electron chi connectivity index (χ1n) is 5.59. The Labute approximate surface area is 107 Å². The number of methoxy groups -OCH3 is 1. The van der Waals surface area contributed by atoms with E-state index in [2.05, 4.69) is 60.2 Å². The minimum Gasteiger partial charge on any atom is -0.380 e. The Balaban J connectivity index is 2.65. The second-order valence-corrected chi connectivity index (χ2v) is 4.99. The van der Waals surface area contributed by atoms with Gasteiger partial charge >= 0.3 is 0 Å². The maximum atomic E-state index is 5.30. The number of ether oxygens (including phenoxy) is 1. The molecule has 0 heterocycles. The zero-order chi connectivity index (χ0) is 12.1. The van der Waals surface area contributed by atoms with Gasteiger partial charge in [-0.1, -0.05) is 34.1 Å². The van der Waals surface area contributed by atoms with Gasteiger partial charge in [0.1, 0.15) is 0 Å². The molecule has 90 valence electrons. The number of hydrogen-bond acceptors (Lipinski definition) is 2. The fourth-order valence-electron chi connectivity index (χ4n) is 1.65. The second-order valence-electron chi connectivity index (χ2n) is 4.14. The summed E-state index contributed by atoms with van der Waals surface area (Å²) in [5.74, 6) is 0. The fraction of sp³-hybridized carbons (Fsp3) is 0.538. The highest BCUT2D eigenvalue weighted by Crippen LogP contribution is 2.23. The lowest BCUT2D eigenvalue weighted by Crippen LogP contribution is -2.38. The van der Waals surface area contributed by atoms with Gasteiger partial charge in [0.15, 0.2) is 0 Å². The van der Waals surface area contributed by atoms with E-state index in [4.69, 9.17) is 4.74 Å². The first-order valence-corrected chi connectivity index (χ1v) is 6.38. The lowest BCUT2D eigenvalue weighted by molar-refractivity contribution is 0.0852. The molecule has 0 saturated carbocycles. The van der Waals surface area contributed by atoms with Gasteiger partial charge in [-0.2, -0.15) is 0 Å². The van der Waals surface area contributed by atoms with Gasteiger partial charge in [0.2, 0.25) is 0 Å².